The van der Waals surface area contributed by atoms with Crippen molar-refractivity contribution in [3.05, 3.63) is 63.7 Å². The summed E-state index contributed by atoms with van der Waals surface area (Å²) in [6.45, 7) is 0. The molecule has 2 aromatic carbocycles. The standard InChI is InChI=1S/C22H16O9/c23-14-4-2-10(5-15(14)24)1-3-11-6-19-21(22(29)30-11)13-8-17(26)16(25)7-12(13)18(31-19)9-20(27)28/h1-8,18,23-26H,9H2,(H,27,28)/b3-1+. The third kappa shape index (κ3) is 3.76. The molecule has 0 amide bonds. The van der Waals surface area contributed by atoms with Gasteiger partial charge in [0, 0.05) is 17.2 Å². The molecule has 1 aliphatic heterocycles. The van der Waals surface area contributed by atoms with E-state index in [2.05, 4.69) is 0 Å². The Balaban J connectivity index is 1.79. The molecule has 1 atom stereocenters. The molecular formula is C22H16O9. The van der Waals surface area contributed by atoms with Crippen molar-refractivity contribution >= 4 is 18.1 Å². The van der Waals surface area contributed by atoms with Crippen LogP contribution in [0.5, 0.6) is 28.7 Å². The summed E-state index contributed by atoms with van der Waals surface area (Å²) in [4.78, 5) is 23.9. The van der Waals surface area contributed by atoms with Crippen LogP contribution >= 0.6 is 0 Å². The number of hydrogen-bond acceptors (Lipinski definition) is 8. The summed E-state index contributed by atoms with van der Waals surface area (Å²) in [7, 11) is 0. The maximum atomic E-state index is 12.7. The second-order valence-electron chi connectivity index (χ2n) is 6.89. The number of ether oxygens (including phenoxy) is 1. The molecule has 3 aromatic rings. The van der Waals surface area contributed by atoms with Crippen LogP contribution in [0.3, 0.4) is 0 Å². The van der Waals surface area contributed by atoms with E-state index in [9.17, 15) is 35.1 Å². The molecule has 0 radical (unpaired) electrons. The molecule has 31 heavy (non-hydrogen) atoms. The highest BCUT2D eigenvalue weighted by atomic mass is 16.5. The Morgan fingerprint density at radius 3 is 2.35 bits per heavy atom. The van der Waals surface area contributed by atoms with E-state index in [1.807, 2.05) is 0 Å². The SMILES string of the molecule is O=C(O)CC1Oc2cc(/C=C/c3ccc(O)c(O)c3)oc(=O)c2-c2cc(O)c(O)cc21. The van der Waals surface area contributed by atoms with Crippen molar-refractivity contribution in [2.75, 3.05) is 0 Å². The summed E-state index contributed by atoms with van der Waals surface area (Å²) in [5.74, 6) is -2.53. The maximum absolute atomic E-state index is 12.7. The number of phenols is 4. The van der Waals surface area contributed by atoms with Gasteiger partial charge in [-0.25, -0.2) is 4.79 Å². The van der Waals surface area contributed by atoms with Crippen LogP contribution in [0.15, 0.2) is 45.6 Å². The third-order valence-electron chi connectivity index (χ3n) is 4.77. The van der Waals surface area contributed by atoms with E-state index >= 15 is 0 Å². The Kier molecular flexibility index (Phi) is 4.78. The fourth-order valence-electron chi connectivity index (χ4n) is 3.33. The predicted octanol–water partition coefficient (Wildman–Crippen LogP) is 3.21. The van der Waals surface area contributed by atoms with E-state index in [1.165, 1.54) is 36.4 Å². The molecule has 0 saturated heterocycles. The van der Waals surface area contributed by atoms with Crippen molar-refractivity contribution in [1.29, 1.82) is 0 Å². The monoisotopic (exact) mass is 424 g/mol. The summed E-state index contributed by atoms with van der Waals surface area (Å²) in [6, 6.07) is 7.87. The average Bonchev–Trinajstić information content (AvgIpc) is 2.69. The van der Waals surface area contributed by atoms with Gasteiger partial charge in [-0.05, 0) is 35.9 Å². The van der Waals surface area contributed by atoms with Crippen LogP contribution in [0.25, 0.3) is 23.3 Å². The number of carboxylic acids is 1. The van der Waals surface area contributed by atoms with Gasteiger partial charge >= 0.3 is 11.6 Å². The zero-order valence-electron chi connectivity index (χ0n) is 15.8. The molecular weight excluding hydrogens is 408 g/mol. The minimum Gasteiger partial charge on any atom is -0.504 e. The van der Waals surface area contributed by atoms with Gasteiger partial charge in [-0.1, -0.05) is 12.1 Å². The van der Waals surface area contributed by atoms with Gasteiger partial charge in [0.1, 0.15) is 23.2 Å². The van der Waals surface area contributed by atoms with Gasteiger partial charge in [0.05, 0.1) is 6.42 Å². The van der Waals surface area contributed by atoms with Gasteiger partial charge in [-0.2, -0.15) is 0 Å². The molecule has 9 heteroatoms. The van der Waals surface area contributed by atoms with Crippen molar-refractivity contribution in [3.63, 3.8) is 0 Å². The lowest BCUT2D eigenvalue weighted by Gasteiger charge is -2.27. The summed E-state index contributed by atoms with van der Waals surface area (Å²) in [6.07, 6.45) is 1.53. The molecule has 0 saturated carbocycles. The Labute approximate surface area is 174 Å². The second-order valence-corrected chi connectivity index (χ2v) is 6.89. The van der Waals surface area contributed by atoms with Crippen LogP contribution in [-0.2, 0) is 4.79 Å². The Morgan fingerprint density at radius 1 is 0.935 bits per heavy atom. The number of rotatable bonds is 4. The minimum absolute atomic E-state index is 0.00799. The van der Waals surface area contributed by atoms with E-state index in [-0.39, 0.29) is 39.7 Å². The number of fused-ring (bicyclic) bond motifs is 3. The van der Waals surface area contributed by atoms with E-state index in [0.29, 0.717) is 5.56 Å². The summed E-state index contributed by atoms with van der Waals surface area (Å²) < 4.78 is 11.0. The highest BCUT2D eigenvalue weighted by Gasteiger charge is 2.32. The van der Waals surface area contributed by atoms with Crippen LogP contribution < -0.4 is 10.4 Å². The first-order chi connectivity index (χ1) is 14.7. The van der Waals surface area contributed by atoms with Crippen molar-refractivity contribution in [3.8, 4) is 39.9 Å². The molecule has 1 aromatic heterocycles. The van der Waals surface area contributed by atoms with Crippen LogP contribution in [0.4, 0.5) is 0 Å². The van der Waals surface area contributed by atoms with Crippen LogP contribution in [-0.4, -0.2) is 31.5 Å². The summed E-state index contributed by atoms with van der Waals surface area (Å²) in [5.41, 5.74) is 0.166. The maximum Gasteiger partial charge on any atom is 0.347 e. The van der Waals surface area contributed by atoms with Crippen LogP contribution in [0, 0.1) is 0 Å². The number of carboxylic acid groups (broad SMARTS) is 1. The quantitative estimate of drug-likeness (QED) is 0.397. The van der Waals surface area contributed by atoms with Gasteiger partial charge in [-0.15, -0.1) is 0 Å². The number of aliphatic carboxylic acids is 1. The van der Waals surface area contributed by atoms with E-state index in [0.717, 1.165) is 12.1 Å². The number of carbonyl (C=O) groups is 1. The molecule has 158 valence electrons. The number of benzene rings is 2. The molecule has 0 fully saturated rings. The van der Waals surface area contributed by atoms with Gasteiger partial charge < -0.3 is 34.7 Å². The zero-order valence-corrected chi connectivity index (χ0v) is 15.8. The molecule has 1 aliphatic rings. The van der Waals surface area contributed by atoms with E-state index in [4.69, 9.17) is 9.15 Å². The Hall–Kier alpha value is -4.40. The predicted molar refractivity (Wildman–Crippen MR) is 108 cm³/mol. The Morgan fingerprint density at radius 2 is 1.65 bits per heavy atom. The first kappa shape index (κ1) is 19.9. The van der Waals surface area contributed by atoms with Gasteiger partial charge in [0.25, 0.3) is 0 Å². The lowest BCUT2D eigenvalue weighted by molar-refractivity contribution is -0.138. The fourth-order valence-corrected chi connectivity index (χ4v) is 3.33. The van der Waals surface area contributed by atoms with Crippen molar-refractivity contribution < 1.29 is 39.5 Å². The lowest BCUT2D eigenvalue weighted by atomic mass is 9.91. The normalized spacial score (nSPS) is 14.6. The summed E-state index contributed by atoms with van der Waals surface area (Å²) >= 11 is 0. The Bertz CT molecular complexity index is 1290. The fraction of sp³-hybridized carbons (Fsp3) is 0.0909. The third-order valence-corrected chi connectivity index (χ3v) is 4.77. The molecule has 9 nitrogen and oxygen atoms in total. The number of phenolic OH excluding ortho intramolecular Hbond substituents is 4. The van der Waals surface area contributed by atoms with Gasteiger partial charge in [0.2, 0.25) is 0 Å². The van der Waals surface area contributed by atoms with Gasteiger partial charge in [-0.3, -0.25) is 4.79 Å². The molecule has 1 unspecified atom stereocenters. The molecule has 0 spiro atoms. The largest absolute Gasteiger partial charge is 0.504 e. The molecule has 0 aliphatic carbocycles. The minimum atomic E-state index is -1.15. The average molecular weight is 424 g/mol. The smallest absolute Gasteiger partial charge is 0.347 e. The molecule has 2 heterocycles. The van der Waals surface area contributed by atoms with Gasteiger partial charge in [0.15, 0.2) is 23.0 Å². The van der Waals surface area contributed by atoms with Crippen molar-refractivity contribution in [2.45, 2.75) is 12.5 Å². The topological polar surface area (TPSA) is 158 Å². The molecule has 4 rings (SSSR count). The number of hydrogen-bond donors (Lipinski definition) is 5. The van der Waals surface area contributed by atoms with Crippen molar-refractivity contribution in [1.82, 2.24) is 0 Å². The summed E-state index contributed by atoms with van der Waals surface area (Å²) in [5, 5.41) is 47.8. The van der Waals surface area contributed by atoms with E-state index in [1.54, 1.807) is 0 Å². The highest BCUT2D eigenvalue weighted by molar-refractivity contribution is 5.80. The van der Waals surface area contributed by atoms with Crippen molar-refractivity contribution in [2.24, 2.45) is 0 Å². The second kappa shape index (κ2) is 7.45. The van der Waals surface area contributed by atoms with Crippen LogP contribution in [0.2, 0.25) is 0 Å². The highest BCUT2D eigenvalue weighted by Crippen LogP contribution is 2.46. The first-order valence-corrected chi connectivity index (χ1v) is 9.06. The van der Waals surface area contributed by atoms with E-state index < -0.39 is 35.6 Å². The first-order valence-electron chi connectivity index (χ1n) is 9.06. The number of aromatic hydroxyl groups is 4. The van der Waals surface area contributed by atoms with Crippen LogP contribution in [0.1, 0.15) is 29.4 Å². The zero-order chi connectivity index (χ0) is 22.3. The molecule has 0 bridgehead atoms. The lowest BCUT2D eigenvalue weighted by Crippen LogP contribution is -2.21. The molecule has 5 N–H and O–H groups in total.